The number of nitrogens with zero attached hydrogens (tertiary/aromatic N) is 4. The Hall–Kier alpha value is -1.53. The molecular formula is C12H14N4OS. The van der Waals surface area contributed by atoms with E-state index in [1.54, 1.807) is 11.8 Å². The summed E-state index contributed by atoms with van der Waals surface area (Å²) in [6.07, 6.45) is 3.26. The van der Waals surface area contributed by atoms with Crippen LogP contribution in [0.15, 0.2) is 29.2 Å². The van der Waals surface area contributed by atoms with Crippen molar-refractivity contribution in [1.82, 2.24) is 20.4 Å². The minimum absolute atomic E-state index is 0.126. The molecule has 1 N–H and O–H groups in total. The fraction of sp³-hybridized carbons (Fsp3) is 0.333. The maximum Gasteiger partial charge on any atom is 0.203 e. The highest BCUT2D eigenvalue weighted by atomic mass is 32.2. The van der Waals surface area contributed by atoms with Crippen molar-refractivity contribution in [3.63, 3.8) is 0 Å². The smallest absolute Gasteiger partial charge is 0.203 e. The van der Waals surface area contributed by atoms with E-state index in [4.69, 9.17) is 5.11 Å². The SMILES string of the molecule is CSc1ccc(-c2nnc(CCCO)nn2)cc1. The van der Waals surface area contributed by atoms with Gasteiger partial charge in [0, 0.05) is 23.5 Å². The zero-order chi connectivity index (χ0) is 12.8. The topological polar surface area (TPSA) is 71.8 Å². The van der Waals surface area contributed by atoms with Gasteiger partial charge in [-0.1, -0.05) is 0 Å². The highest BCUT2D eigenvalue weighted by Gasteiger charge is 2.04. The Morgan fingerprint density at radius 1 is 1.06 bits per heavy atom. The number of hydrogen-bond acceptors (Lipinski definition) is 6. The highest BCUT2D eigenvalue weighted by Crippen LogP contribution is 2.19. The number of aliphatic hydroxyl groups is 1. The predicted octanol–water partition coefficient (Wildman–Crippen LogP) is 1.58. The summed E-state index contributed by atoms with van der Waals surface area (Å²) >= 11 is 1.69. The van der Waals surface area contributed by atoms with Crippen molar-refractivity contribution in [2.24, 2.45) is 0 Å². The lowest BCUT2D eigenvalue weighted by molar-refractivity contribution is 0.287. The van der Waals surface area contributed by atoms with Gasteiger partial charge in [-0.05, 0) is 36.9 Å². The third-order valence-corrected chi connectivity index (χ3v) is 3.17. The number of thioether (sulfide) groups is 1. The molecule has 0 aliphatic rings. The van der Waals surface area contributed by atoms with Gasteiger partial charge in [0.05, 0.1) is 0 Å². The fourth-order valence-electron chi connectivity index (χ4n) is 1.44. The van der Waals surface area contributed by atoms with E-state index in [9.17, 15) is 0 Å². The Morgan fingerprint density at radius 2 is 1.72 bits per heavy atom. The lowest BCUT2D eigenvalue weighted by atomic mass is 10.2. The lowest BCUT2D eigenvalue weighted by Crippen LogP contribution is -2.03. The van der Waals surface area contributed by atoms with Gasteiger partial charge in [0.25, 0.3) is 0 Å². The van der Waals surface area contributed by atoms with Crippen molar-refractivity contribution in [3.8, 4) is 11.4 Å². The Labute approximate surface area is 110 Å². The van der Waals surface area contributed by atoms with E-state index in [1.165, 1.54) is 4.90 Å². The van der Waals surface area contributed by atoms with Crippen LogP contribution in [0.4, 0.5) is 0 Å². The summed E-state index contributed by atoms with van der Waals surface area (Å²) in [5, 5.41) is 24.8. The summed E-state index contributed by atoms with van der Waals surface area (Å²) < 4.78 is 0. The Kier molecular flexibility index (Phi) is 4.60. The van der Waals surface area contributed by atoms with Gasteiger partial charge in [-0.15, -0.1) is 32.2 Å². The minimum atomic E-state index is 0.126. The zero-order valence-electron chi connectivity index (χ0n) is 10.1. The molecule has 0 bridgehead atoms. The van der Waals surface area contributed by atoms with Crippen LogP contribution < -0.4 is 0 Å². The van der Waals surface area contributed by atoms with Crippen LogP contribution in [0.2, 0.25) is 0 Å². The number of aromatic nitrogens is 4. The van der Waals surface area contributed by atoms with Crippen LogP contribution in [-0.2, 0) is 6.42 Å². The molecule has 0 atom stereocenters. The van der Waals surface area contributed by atoms with E-state index in [1.807, 2.05) is 30.5 Å². The predicted molar refractivity (Wildman–Crippen MR) is 70.2 cm³/mol. The van der Waals surface area contributed by atoms with Crippen LogP contribution in [0, 0.1) is 0 Å². The van der Waals surface area contributed by atoms with Gasteiger partial charge >= 0.3 is 0 Å². The van der Waals surface area contributed by atoms with Gasteiger partial charge in [0.1, 0.15) is 0 Å². The number of aryl methyl sites for hydroxylation is 1. The summed E-state index contributed by atoms with van der Waals surface area (Å²) in [4.78, 5) is 1.19. The maximum atomic E-state index is 8.71. The molecule has 0 radical (unpaired) electrons. The highest BCUT2D eigenvalue weighted by molar-refractivity contribution is 7.98. The Morgan fingerprint density at radius 3 is 2.28 bits per heavy atom. The van der Waals surface area contributed by atoms with Crippen LogP contribution in [0.5, 0.6) is 0 Å². The van der Waals surface area contributed by atoms with E-state index in [0.29, 0.717) is 24.5 Å². The first-order chi connectivity index (χ1) is 8.83. The van der Waals surface area contributed by atoms with Crippen LogP contribution in [-0.4, -0.2) is 38.4 Å². The van der Waals surface area contributed by atoms with E-state index in [2.05, 4.69) is 20.4 Å². The summed E-state index contributed by atoms with van der Waals surface area (Å²) in [5.74, 6) is 1.09. The average molecular weight is 262 g/mol. The molecule has 18 heavy (non-hydrogen) atoms. The molecular weight excluding hydrogens is 248 g/mol. The Balaban J connectivity index is 2.12. The molecule has 5 nitrogen and oxygen atoms in total. The van der Waals surface area contributed by atoms with Gasteiger partial charge in [-0.3, -0.25) is 0 Å². The third-order valence-electron chi connectivity index (χ3n) is 2.43. The molecule has 1 aromatic heterocycles. The molecule has 0 unspecified atom stereocenters. The van der Waals surface area contributed by atoms with Crippen molar-refractivity contribution >= 4 is 11.8 Å². The van der Waals surface area contributed by atoms with Gasteiger partial charge in [0.2, 0.25) is 5.82 Å². The van der Waals surface area contributed by atoms with Crippen LogP contribution in [0.25, 0.3) is 11.4 Å². The maximum absolute atomic E-state index is 8.71. The lowest BCUT2D eigenvalue weighted by Gasteiger charge is -2.01. The first kappa shape index (κ1) is 12.9. The molecule has 1 heterocycles. The van der Waals surface area contributed by atoms with Gasteiger partial charge in [-0.2, -0.15) is 0 Å². The van der Waals surface area contributed by atoms with Crippen LogP contribution >= 0.6 is 11.8 Å². The zero-order valence-corrected chi connectivity index (χ0v) is 10.9. The van der Waals surface area contributed by atoms with Crippen molar-refractivity contribution in [2.45, 2.75) is 17.7 Å². The van der Waals surface area contributed by atoms with E-state index in [0.717, 1.165) is 5.56 Å². The average Bonchev–Trinajstić information content (AvgIpc) is 2.46. The normalized spacial score (nSPS) is 10.6. The molecule has 0 saturated heterocycles. The Bertz CT molecular complexity index is 486. The van der Waals surface area contributed by atoms with E-state index < -0.39 is 0 Å². The molecule has 2 aromatic rings. The first-order valence-electron chi connectivity index (χ1n) is 5.65. The first-order valence-corrected chi connectivity index (χ1v) is 6.87. The second-order valence-electron chi connectivity index (χ2n) is 3.70. The standard InChI is InChI=1S/C12H14N4OS/c1-18-10-6-4-9(5-7-10)12-15-13-11(14-16-12)3-2-8-17/h4-7,17H,2-3,8H2,1H3. The molecule has 6 heteroatoms. The molecule has 0 aliphatic heterocycles. The van der Waals surface area contributed by atoms with Gasteiger partial charge < -0.3 is 5.11 Å². The number of aliphatic hydroxyl groups excluding tert-OH is 1. The second kappa shape index (κ2) is 6.42. The molecule has 0 amide bonds. The van der Waals surface area contributed by atoms with Crippen LogP contribution in [0.1, 0.15) is 12.2 Å². The molecule has 0 fully saturated rings. The molecule has 2 rings (SSSR count). The second-order valence-corrected chi connectivity index (χ2v) is 4.58. The van der Waals surface area contributed by atoms with Gasteiger partial charge in [0.15, 0.2) is 5.82 Å². The minimum Gasteiger partial charge on any atom is -0.396 e. The van der Waals surface area contributed by atoms with Gasteiger partial charge in [-0.25, -0.2) is 0 Å². The molecule has 0 saturated carbocycles. The number of rotatable bonds is 5. The van der Waals surface area contributed by atoms with Crippen molar-refractivity contribution in [3.05, 3.63) is 30.1 Å². The summed E-state index contributed by atoms with van der Waals surface area (Å²) in [5.41, 5.74) is 0.904. The quantitative estimate of drug-likeness (QED) is 0.825. The fourth-order valence-corrected chi connectivity index (χ4v) is 1.85. The van der Waals surface area contributed by atoms with Crippen LogP contribution in [0.3, 0.4) is 0 Å². The summed E-state index contributed by atoms with van der Waals surface area (Å²) in [6, 6.07) is 7.95. The van der Waals surface area contributed by atoms with E-state index >= 15 is 0 Å². The molecule has 0 aliphatic carbocycles. The number of benzene rings is 1. The van der Waals surface area contributed by atoms with E-state index in [-0.39, 0.29) is 6.61 Å². The molecule has 0 spiro atoms. The van der Waals surface area contributed by atoms with Crippen molar-refractivity contribution in [1.29, 1.82) is 0 Å². The molecule has 1 aromatic carbocycles. The van der Waals surface area contributed by atoms with Crippen molar-refractivity contribution in [2.75, 3.05) is 12.9 Å². The number of hydrogen-bond donors (Lipinski definition) is 1. The third kappa shape index (κ3) is 3.24. The van der Waals surface area contributed by atoms with Crippen molar-refractivity contribution < 1.29 is 5.11 Å². The summed E-state index contributed by atoms with van der Waals surface area (Å²) in [6.45, 7) is 0.126. The largest absolute Gasteiger partial charge is 0.396 e. The monoisotopic (exact) mass is 262 g/mol. The summed E-state index contributed by atoms with van der Waals surface area (Å²) in [7, 11) is 0. The molecule has 94 valence electrons.